The molecule has 4 aromatic rings. The Labute approximate surface area is 613 Å². The van der Waals surface area contributed by atoms with Crippen molar-refractivity contribution in [1.82, 2.24) is 5.32 Å². The fraction of sp³-hybridized carbons (Fsp3) is 0.620. The molecule has 0 bridgehead atoms. The van der Waals surface area contributed by atoms with Crippen molar-refractivity contribution in [2.24, 2.45) is 41.4 Å². The smallest absolute Gasteiger partial charge is 4.00 e. The predicted molar refractivity (Wildman–Crippen MR) is 401 cm³/mol. The van der Waals surface area contributed by atoms with Gasteiger partial charge in [-0.2, -0.15) is 49.2 Å². The largest absolute Gasteiger partial charge is 4.00 e. The molecule has 0 aliphatic heterocycles. The third-order valence-electron chi connectivity index (χ3n) is 19.1. The molecule has 0 saturated heterocycles. The maximum absolute atomic E-state index is 4.93. The van der Waals surface area contributed by atoms with Crippen molar-refractivity contribution in [3.05, 3.63) is 182 Å². The van der Waals surface area contributed by atoms with Gasteiger partial charge in [-0.3, -0.25) is 0 Å². The summed E-state index contributed by atoms with van der Waals surface area (Å²) < 4.78 is 0. The summed E-state index contributed by atoms with van der Waals surface area (Å²) >= 11 is -1.65. The fourth-order valence-corrected chi connectivity index (χ4v) is 12.4. The second-order valence-corrected chi connectivity index (χ2v) is 32.5. The van der Waals surface area contributed by atoms with E-state index in [-0.39, 0.29) is 55.9 Å². The minimum atomic E-state index is -0.826. The van der Waals surface area contributed by atoms with Crippen molar-refractivity contribution in [3.8, 4) is 0 Å². The van der Waals surface area contributed by atoms with E-state index in [9.17, 15) is 0 Å². The second-order valence-electron chi connectivity index (χ2n) is 25.0. The van der Waals surface area contributed by atoms with Crippen molar-refractivity contribution < 1.29 is 67.9 Å². The molecule has 1 N–H and O–H groups in total. The average molecular weight is 1540 g/mol. The van der Waals surface area contributed by atoms with Crippen LogP contribution in [-0.4, -0.2) is 26.2 Å². The van der Waals surface area contributed by atoms with Gasteiger partial charge >= 0.3 is 102 Å². The van der Waals surface area contributed by atoms with Gasteiger partial charge in [-0.1, -0.05) is 211 Å². The van der Waals surface area contributed by atoms with Crippen LogP contribution >= 0.6 is 34.1 Å². The molecule has 10 heteroatoms. The molecule has 4 aromatic carbocycles. The van der Waals surface area contributed by atoms with E-state index in [0.717, 1.165) is 78.7 Å². The van der Waals surface area contributed by atoms with E-state index < -0.39 is 41.7 Å². The summed E-state index contributed by atoms with van der Waals surface area (Å²) in [6.45, 7) is 49.2. The maximum Gasteiger partial charge on any atom is 4.00 e. The third-order valence-corrected chi connectivity index (χ3v) is 19.1. The van der Waals surface area contributed by atoms with Crippen LogP contribution in [0.5, 0.6) is 0 Å². The van der Waals surface area contributed by atoms with Crippen LogP contribution in [0.15, 0.2) is 60.7 Å². The molecule has 89 heavy (non-hydrogen) atoms. The number of rotatable bonds is 16. The Morgan fingerprint density at radius 1 is 0.416 bits per heavy atom. The van der Waals surface area contributed by atoms with Crippen LogP contribution in [0.1, 0.15) is 250 Å². The SMILES string of the molecule is CC1CC(C)C(C)C1C.CCCC1CCCC1.CCCCC1CCCC1.CCCCC1CCCC1.Cc1c(C)c(C)c([N-]CCNCC[N-]c2c(C)c(C)c(C)c(C)c2C)c(C)c1C.[CH2-]c1ccccc1.[CH2-]c1ccccc1.[CH3-].[CH3-].[CH3-].[CH3-].[Cl][Zr+2][Cl].[Cl][Zr+2][Cl].[Zr+4]. The van der Waals surface area contributed by atoms with Crippen molar-refractivity contribution in [2.45, 2.75) is 253 Å². The van der Waals surface area contributed by atoms with Crippen LogP contribution in [0.4, 0.5) is 11.4 Å². The Kier molecular flexibility index (Phi) is 70.6. The second kappa shape index (κ2) is 62.8. The van der Waals surface area contributed by atoms with E-state index in [1.807, 2.05) is 60.7 Å². The standard InChI is InChI=1S/C26H39N3.3C9H18.C8H16.2C7H7.4CH3.4ClH.3Zr/c1-15-17(3)21(7)25(22(8)18(15)4)28-13-11-27-12-14-29-26-23(9)19(5)16(2)20(6)24(26)10;1-6-5-7(2)9(4)8(6)3;2*1-2-3-6-9-7-4-5-8-9;1-2-5-8-6-3-4-7-8;2*1-7-5-3-2-4-6-7;;;;;;;;;;;/h27H,11-14H2,1-10H3;6-9H,5H2,1-4H3;2*9H,2-8H2,1H3;8H,2-7H2,1H3;2*2-6H,1H2;4*1H3;4*1H;;;/q-2;;;;;6*-1;;;;;3*+4/p-4. The normalized spacial score (nSPS) is 16.7. The molecular weight excluding hydrogens is 1410 g/mol. The zero-order valence-electron chi connectivity index (χ0n) is 61.3. The molecule has 0 spiro atoms. The number of unbranched alkanes of at least 4 members (excludes halogenated alkanes) is 2. The van der Waals surface area contributed by atoms with E-state index in [0.29, 0.717) is 0 Å². The average Bonchev–Trinajstić information content (AvgIpc) is 4.28. The number of hydrogen-bond donors (Lipinski definition) is 1. The summed E-state index contributed by atoms with van der Waals surface area (Å²) in [7, 11) is 19.7. The zero-order chi connectivity index (χ0) is 63.4. The molecule has 0 heterocycles. The Morgan fingerprint density at radius 2 is 0.663 bits per heavy atom. The van der Waals surface area contributed by atoms with Gasteiger partial charge in [0.15, 0.2) is 0 Å². The van der Waals surface area contributed by atoms with Gasteiger partial charge in [-0.25, -0.2) is 0 Å². The molecule has 4 atom stereocenters. The number of hydrogen-bond acceptors (Lipinski definition) is 1. The molecule has 0 aromatic heterocycles. The summed E-state index contributed by atoms with van der Waals surface area (Å²) in [6, 6.07) is 19.7. The van der Waals surface area contributed by atoms with Crippen LogP contribution < -0.4 is 5.32 Å². The predicted octanol–water partition coefficient (Wildman–Crippen LogP) is 28.0. The monoisotopic (exact) mass is 1540 g/mol. The summed E-state index contributed by atoms with van der Waals surface area (Å²) in [5, 5.41) is 13.3. The van der Waals surface area contributed by atoms with Crippen LogP contribution in [-0.2, 0) is 67.9 Å². The Bertz CT molecular complexity index is 2010. The van der Waals surface area contributed by atoms with Crippen LogP contribution in [0, 0.1) is 154 Å². The Hall–Kier alpha value is -0.0106. The maximum atomic E-state index is 4.93. The molecule has 4 unspecified atom stereocenters. The van der Waals surface area contributed by atoms with E-state index in [1.54, 1.807) is 0 Å². The molecule has 0 amide bonds. The molecule has 0 radical (unpaired) electrons. The quantitative estimate of drug-likeness (QED) is 0.0881. The van der Waals surface area contributed by atoms with Crippen LogP contribution in [0.2, 0.25) is 0 Å². The molecule has 4 aliphatic carbocycles. The molecule has 4 aliphatic rings. The number of halogens is 4. The Balaban J connectivity index is -0.000000239. The number of nitrogens with zero attached hydrogens (tertiary/aromatic N) is 2. The molecule has 4 fully saturated rings. The summed E-state index contributed by atoms with van der Waals surface area (Å²) in [5.74, 6) is 7.19. The van der Waals surface area contributed by atoms with Crippen LogP contribution in [0.3, 0.4) is 0 Å². The van der Waals surface area contributed by atoms with Crippen molar-refractivity contribution in [1.29, 1.82) is 0 Å². The van der Waals surface area contributed by atoms with E-state index >= 15 is 0 Å². The summed E-state index contributed by atoms with van der Waals surface area (Å²) in [6.07, 6.45) is 31.2. The van der Waals surface area contributed by atoms with E-state index in [4.69, 9.17) is 44.7 Å². The first-order chi connectivity index (χ1) is 40.1. The molecule has 506 valence electrons. The van der Waals surface area contributed by atoms with Crippen molar-refractivity contribution in [3.63, 3.8) is 0 Å². The van der Waals surface area contributed by atoms with E-state index in [2.05, 4.69) is 137 Å². The summed E-state index contributed by atoms with van der Waals surface area (Å²) in [4.78, 5) is 0. The van der Waals surface area contributed by atoms with Crippen molar-refractivity contribution in [2.75, 3.05) is 26.2 Å². The van der Waals surface area contributed by atoms with E-state index in [1.165, 1.54) is 202 Å². The van der Waals surface area contributed by atoms with Gasteiger partial charge in [0.2, 0.25) is 0 Å². The molecule has 8 rings (SSSR count). The third kappa shape index (κ3) is 43.7. The van der Waals surface area contributed by atoms with Gasteiger partial charge in [-0.05, 0) is 164 Å². The number of nitrogens with one attached hydrogen (secondary N) is 1. The molecule has 3 nitrogen and oxygen atoms in total. The minimum Gasteiger partial charge on any atom is 4.00 e. The first kappa shape index (κ1) is 100. The molecule has 4 saturated carbocycles. The fourth-order valence-electron chi connectivity index (χ4n) is 12.4. The first-order valence-corrected chi connectivity index (χ1v) is 45.7. The van der Waals surface area contributed by atoms with Gasteiger partial charge in [0.25, 0.3) is 0 Å². The van der Waals surface area contributed by atoms with Gasteiger partial charge in [-0.15, -0.1) is 48.7 Å². The topological polar surface area (TPSA) is 40.2 Å². The summed E-state index contributed by atoms with van der Waals surface area (Å²) in [5.41, 5.74) is 18.0. The number of benzene rings is 4. The van der Waals surface area contributed by atoms with Crippen molar-refractivity contribution >= 4 is 45.4 Å². The van der Waals surface area contributed by atoms with Gasteiger partial charge in [0, 0.05) is 0 Å². The Morgan fingerprint density at radius 3 is 0.865 bits per heavy atom. The first-order valence-electron chi connectivity index (χ1n) is 33.0. The van der Waals surface area contributed by atoms with Gasteiger partial charge < -0.3 is 45.7 Å². The zero-order valence-corrected chi connectivity index (χ0v) is 71.7. The van der Waals surface area contributed by atoms with Gasteiger partial charge in [0.05, 0.1) is 0 Å². The van der Waals surface area contributed by atoms with Crippen LogP contribution in [0.25, 0.3) is 10.6 Å². The molecular formula is C79H135Cl4N3Zr3. The van der Waals surface area contributed by atoms with Gasteiger partial charge in [0.1, 0.15) is 0 Å². The minimum absolute atomic E-state index is 0.